The summed E-state index contributed by atoms with van der Waals surface area (Å²) in [4.78, 5) is 0. The van der Waals surface area contributed by atoms with Gasteiger partial charge in [0.25, 0.3) is 0 Å². The van der Waals surface area contributed by atoms with Crippen molar-refractivity contribution in [1.82, 2.24) is 0 Å². The van der Waals surface area contributed by atoms with Crippen molar-refractivity contribution in [2.75, 3.05) is 6.61 Å². The van der Waals surface area contributed by atoms with Crippen LogP contribution in [0.5, 0.6) is 11.5 Å². The van der Waals surface area contributed by atoms with E-state index in [0.29, 0.717) is 0 Å². The molecule has 2 rings (SSSR count). The summed E-state index contributed by atoms with van der Waals surface area (Å²) in [6, 6.07) is 5.99. The van der Waals surface area contributed by atoms with Gasteiger partial charge in [-0.25, -0.2) is 4.57 Å². The minimum Gasteiger partial charge on any atom is -0.391 e. The average Bonchev–Trinajstić information content (AvgIpc) is 2.51. The van der Waals surface area contributed by atoms with Crippen molar-refractivity contribution in [2.45, 2.75) is 6.18 Å². The molecule has 0 unspecified atom stereocenters. The van der Waals surface area contributed by atoms with E-state index in [4.69, 9.17) is 9.05 Å². The number of benzene rings is 1. The summed E-state index contributed by atoms with van der Waals surface area (Å²) in [5.41, 5.74) is 0. The normalized spacial score (nSPS) is 17.4. The molecule has 1 aliphatic rings. The predicted molar refractivity (Wildman–Crippen MR) is 47.3 cm³/mol. The molecular formula is C8H6F3O4P. The van der Waals surface area contributed by atoms with Crippen molar-refractivity contribution in [3.63, 3.8) is 0 Å². The molecule has 0 amide bonds. The van der Waals surface area contributed by atoms with Crippen LogP contribution in [0.2, 0.25) is 0 Å². The lowest BCUT2D eigenvalue weighted by molar-refractivity contribution is -0.155. The number of phosphoric ester groups is 1. The van der Waals surface area contributed by atoms with E-state index in [1.165, 1.54) is 12.1 Å². The molecule has 1 aromatic carbocycles. The number of hydrogen-bond donors (Lipinski definition) is 0. The maximum absolute atomic E-state index is 11.9. The van der Waals surface area contributed by atoms with Gasteiger partial charge in [0.1, 0.15) is 0 Å². The van der Waals surface area contributed by atoms with Crippen molar-refractivity contribution < 1.29 is 31.3 Å². The molecule has 8 heteroatoms. The molecule has 1 aliphatic heterocycles. The number of fused-ring (bicyclic) bond motifs is 1. The fourth-order valence-electron chi connectivity index (χ4n) is 1.07. The van der Waals surface area contributed by atoms with Crippen LogP contribution in [0, 0.1) is 0 Å². The lowest BCUT2D eigenvalue weighted by Crippen LogP contribution is -2.17. The van der Waals surface area contributed by atoms with E-state index in [0.717, 1.165) is 0 Å². The van der Waals surface area contributed by atoms with E-state index >= 15 is 0 Å². The Balaban J connectivity index is 2.07. The van der Waals surface area contributed by atoms with Crippen molar-refractivity contribution >= 4 is 7.82 Å². The van der Waals surface area contributed by atoms with Crippen LogP contribution in [0.4, 0.5) is 13.2 Å². The van der Waals surface area contributed by atoms with Gasteiger partial charge in [0, 0.05) is 0 Å². The number of phosphoric acid groups is 1. The van der Waals surface area contributed by atoms with Crippen LogP contribution in [0.3, 0.4) is 0 Å². The number of hydrogen-bond acceptors (Lipinski definition) is 4. The molecule has 0 radical (unpaired) electrons. The van der Waals surface area contributed by atoms with Gasteiger partial charge in [-0.05, 0) is 12.1 Å². The zero-order valence-electron chi connectivity index (χ0n) is 7.73. The first kappa shape index (κ1) is 11.3. The summed E-state index contributed by atoms with van der Waals surface area (Å²) in [5.74, 6) is 0.209. The summed E-state index contributed by atoms with van der Waals surface area (Å²) in [7, 11) is -4.17. The van der Waals surface area contributed by atoms with Gasteiger partial charge in [0.2, 0.25) is 0 Å². The van der Waals surface area contributed by atoms with Crippen LogP contribution in [0.25, 0.3) is 0 Å². The Kier molecular flexibility index (Phi) is 2.59. The first-order valence-electron chi connectivity index (χ1n) is 4.18. The smallest absolute Gasteiger partial charge is 0.391 e. The molecule has 0 aliphatic carbocycles. The number of alkyl halides is 3. The minimum atomic E-state index is -4.58. The lowest BCUT2D eigenvalue weighted by atomic mass is 10.3. The van der Waals surface area contributed by atoms with E-state index in [-0.39, 0.29) is 11.5 Å². The molecule has 0 N–H and O–H groups in total. The molecule has 0 spiro atoms. The second kappa shape index (κ2) is 3.68. The molecular weight excluding hydrogens is 248 g/mol. The maximum Gasteiger partial charge on any atom is 0.588 e. The fourth-order valence-corrected chi connectivity index (χ4v) is 2.30. The summed E-state index contributed by atoms with van der Waals surface area (Å²) in [6.07, 6.45) is -4.58. The summed E-state index contributed by atoms with van der Waals surface area (Å²) in [5, 5.41) is 0. The monoisotopic (exact) mass is 254 g/mol. The molecule has 88 valence electrons. The molecule has 0 saturated carbocycles. The number of rotatable bonds is 2. The standard InChI is InChI=1S/C8H6F3O4P/c9-8(10,11)5-13-16(12)14-6-3-1-2-4-7(6)15-16/h1-4H,5H2. The molecule has 0 bridgehead atoms. The second-order valence-corrected chi connectivity index (χ2v) is 4.48. The van der Waals surface area contributed by atoms with Crippen LogP contribution < -0.4 is 9.05 Å². The average molecular weight is 254 g/mol. The van der Waals surface area contributed by atoms with E-state index in [9.17, 15) is 17.7 Å². The third kappa shape index (κ3) is 2.48. The van der Waals surface area contributed by atoms with Gasteiger partial charge in [0.05, 0.1) is 0 Å². The van der Waals surface area contributed by atoms with Crippen molar-refractivity contribution in [3.8, 4) is 11.5 Å². The lowest BCUT2D eigenvalue weighted by Gasteiger charge is -2.11. The van der Waals surface area contributed by atoms with Gasteiger partial charge in [-0.15, -0.1) is 0 Å². The summed E-state index contributed by atoms with van der Waals surface area (Å²) < 4.78 is 60.6. The van der Waals surface area contributed by atoms with Gasteiger partial charge < -0.3 is 9.05 Å². The summed E-state index contributed by atoms with van der Waals surface area (Å²) >= 11 is 0. The SMILES string of the molecule is O=P1(OCC(F)(F)F)Oc2ccccc2O1. The largest absolute Gasteiger partial charge is 0.588 e. The van der Waals surface area contributed by atoms with Crippen molar-refractivity contribution in [1.29, 1.82) is 0 Å². The van der Waals surface area contributed by atoms with Gasteiger partial charge in [-0.3, -0.25) is 4.52 Å². The van der Waals surface area contributed by atoms with Crippen LogP contribution in [0.15, 0.2) is 24.3 Å². The molecule has 0 aromatic heterocycles. The molecule has 4 nitrogen and oxygen atoms in total. The summed E-state index contributed by atoms with van der Waals surface area (Å²) in [6.45, 7) is -1.68. The van der Waals surface area contributed by atoms with E-state index in [1.807, 2.05) is 0 Å². The Labute approximate surface area is 88.5 Å². The van der Waals surface area contributed by atoms with Gasteiger partial charge in [-0.2, -0.15) is 13.2 Å². The van der Waals surface area contributed by atoms with Gasteiger partial charge in [0.15, 0.2) is 18.1 Å². The number of para-hydroxylation sites is 2. The second-order valence-electron chi connectivity index (χ2n) is 2.97. The van der Waals surface area contributed by atoms with Crippen LogP contribution in [0.1, 0.15) is 0 Å². The van der Waals surface area contributed by atoms with E-state index in [1.54, 1.807) is 12.1 Å². The fraction of sp³-hybridized carbons (Fsp3) is 0.250. The highest BCUT2D eigenvalue weighted by Crippen LogP contribution is 2.59. The molecule has 1 heterocycles. The minimum absolute atomic E-state index is 0.105. The molecule has 0 saturated heterocycles. The highest BCUT2D eigenvalue weighted by molar-refractivity contribution is 7.49. The predicted octanol–water partition coefficient (Wildman–Crippen LogP) is 3.14. The Morgan fingerprint density at radius 1 is 1.19 bits per heavy atom. The van der Waals surface area contributed by atoms with Crippen LogP contribution in [-0.4, -0.2) is 12.8 Å². The third-order valence-corrected chi connectivity index (χ3v) is 2.94. The quantitative estimate of drug-likeness (QED) is 0.760. The first-order valence-corrected chi connectivity index (χ1v) is 5.64. The molecule has 0 atom stereocenters. The molecule has 1 aromatic rings. The Bertz CT molecular complexity index is 416. The highest BCUT2D eigenvalue weighted by Gasteiger charge is 2.42. The van der Waals surface area contributed by atoms with Crippen molar-refractivity contribution in [2.24, 2.45) is 0 Å². The topological polar surface area (TPSA) is 44.8 Å². The Hall–Kier alpha value is -1.20. The van der Waals surface area contributed by atoms with E-state index in [2.05, 4.69) is 4.52 Å². The first-order chi connectivity index (χ1) is 7.38. The Morgan fingerprint density at radius 2 is 1.69 bits per heavy atom. The highest BCUT2D eigenvalue weighted by atomic mass is 31.2. The van der Waals surface area contributed by atoms with Gasteiger partial charge in [-0.1, -0.05) is 12.1 Å². The zero-order chi connectivity index (χ0) is 11.8. The number of halogens is 3. The zero-order valence-corrected chi connectivity index (χ0v) is 8.63. The molecule has 0 fully saturated rings. The Morgan fingerprint density at radius 3 is 2.12 bits per heavy atom. The van der Waals surface area contributed by atoms with Crippen LogP contribution in [-0.2, 0) is 9.09 Å². The molecule has 16 heavy (non-hydrogen) atoms. The maximum atomic E-state index is 11.9. The van der Waals surface area contributed by atoms with Gasteiger partial charge >= 0.3 is 14.0 Å². The third-order valence-electron chi connectivity index (χ3n) is 1.66. The van der Waals surface area contributed by atoms with E-state index < -0.39 is 20.6 Å². The van der Waals surface area contributed by atoms with Crippen molar-refractivity contribution in [3.05, 3.63) is 24.3 Å². The van der Waals surface area contributed by atoms with Crippen LogP contribution >= 0.6 is 7.82 Å².